The monoisotopic (exact) mass is 444 g/mol. The lowest BCUT2D eigenvalue weighted by molar-refractivity contribution is 0.0984. The summed E-state index contributed by atoms with van der Waals surface area (Å²) in [6.07, 6.45) is 0.835. The van der Waals surface area contributed by atoms with Gasteiger partial charge in [0.2, 0.25) is 0 Å². The first-order chi connectivity index (χ1) is 14.3. The summed E-state index contributed by atoms with van der Waals surface area (Å²) < 4.78 is 6.01. The average molecular weight is 445 g/mol. The Morgan fingerprint density at radius 3 is 2.50 bits per heavy atom. The summed E-state index contributed by atoms with van der Waals surface area (Å²) in [7, 11) is 5.97. The maximum atomic E-state index is 12.2. The fraction of sp³-hybridized carbons (Fsp3) is 0.318. The molecule has 0 aliphatic rings. The van der Waals surface area contributed by atoms with Gasteiger partial charge in [0.1, 0.15) is 17.3 Å². The van der Waals surface area contributed by atoms with Gasteiger partial charge in [-0.25, -0.2) is 0 Å². The molecule has 0 aliphatic carbocycles. The van der Waals surface area contributed by atoms with E-state index in [9.17, 15) is 4.79 Å². The molecule has 0 spiro atoms. The van der Waals surface area contributed by atoms with Crippen molar-refractivity contribution in [2.75, 3.05) is 34.2 Å². The Morgan fingerprint density at radius 2 is 1.87 bits per heavy atom. The van der Waals surface area contributed by atoms with Crippen LogP contribution in [0.2, 0.25) is 4.34 Å². The van der Waals surface area contributed by atoms with Crippen molar-refractivity contribution in [3.05, 3.63) is 63.0 Å². The van der Waals surface area contributed by atoms with Crippen molar-refractivity contribution in [2.24, 2.45) is 0 Å². The number of nitrogens with zero attached hydrogens (tertiary/aromatic N) is 3. The Kier molecular flexibility index (Phi) is 7.42. The quantitative estimate of drug-likeness (QED) is 0.294. The fourth-order valence-electron chi connectivity index (χ4n) is 2.87. The van der Waals surface area contributed by atoms with Crippen molar-refractivity contribution < 1.29 is 9.32 Å². The Morgan fingerprint density at radius 1 is 1.13 bits per heavy atom. The highest BCUT2D eigenvalue weighted by Crippen LogP contribution is 2.24. The van der Waals surface area contributed by atoms with Gasteiger partial charge in [0, 0.05) is 50.2 Å². The van der Waals surface area contributed by atoms with Crippen LogP contribution in [0.5, 0.6) is 0 Å². The average Bonchev–Trinajstić information content (AvgIpc) is 3.39. The first-order valence-corrected chi connectivity index (χ1v) is 10.8. The van der Waals surface area contributed by atoms with Crippen molar-refractivity contribution in [3.63, 3.8) is 0 Å². The second-order valence-electron chi connectivity index (χ2n) is 7.36. The molecule has 3 rings (SSSR count). The topological polar surface area (TPSA) is 73.4 Å². The predicted octanol–water partition coefficient (Wildman–Crippen LogP) is 4.69. The summed E-state index contributed by atoms with van der Waals surface area (Å²) in [5.41, 5.74) is 2.48. The van der Waals surface area contributed by atoms with Crippen LogP contribution in [-0.2, 0) is 6.42 Å². The molecule has 0 amide bonds. The zero-order chi connectivity index (χ0) is 21.7. The minimum atomic E-state index is 0.0473. The first kappa shape index (κ1) is 22.2. The van der Waals surface area contributed by atoms with E-state index < -0.39 is 0 Å². The van der Waals surface area contributed by atoms with Gasteiger partial charge in [0.05, 0.1) is 9.21 Å². The molecule has 2 heterocycles. The third kappa shape index (κ3) is 5.78. The smallest absolute Gasteiger partial charge is 0.173 e. The fourth-order valence-corrected chi connectivity index (χ4v) is 3.88. The molecule has 2 aromatic heterocycles. The molecule has 158 valence electrons. The summed E-state index contributed by atoms with van der Waals surface area (Å²) >= 11 is 7.18. The maximum Gasteiger partial charge on any atom is 0.173 e. The van der Waals surface area contributed by atoms with E-state index in [1.165, 1.54) is 11.3 Å². The van der Waals surface area contributed by atoms with Gasteiger partial charge < -0.3 is 14.3 Å². The number of Topliss-reactive ketones (excluding diaryl/α,β-unsaturated/α-hetero) is 1. The molecular formula is C22H25ClN4O2S. The number of thiophene rings is 1. The highest BCUT2D eigenvalue weighted by molar-refractivity contribution is 7.18. The number of rotatable bonds is 9. The number of aromatic nitrogens is 1. The zero-order valence-electron chi connectivity index (χ0n) is 17.3. The van der Waals surface area contributed by atoms with Gasteiger partial charge in [-0.05, 0) is 26.2 Å². The lowest BCUT2D eigenvalue weighted by Gasteiger charge is -2.22. The van der Waals surface area contributed by atoms with Gasteiger partial charge in [-0.2, -0.15) is 0 Å². The van der Waals surface area contributed by atoms with Crippen LogP contribution in [0.1, 0.15) is 27.4 Å². The lowest BCUT2D eigenvalue weighted by Crippen LogP contribution is -2.33. The van der Waals surface area contributed by atoms with E-state index in [0.717, 1.165) is 29.9 Å². The number of carbonyl (C=O) groups is 1. The Hall–Kier alpha value is -2.48. The van der Waals surface area contributed by atoms with Crippen LogP contribution in [-0.4, -0.2) is 60.8 Å². The number of hydrogen-bond donors (Lipinski definition) is 1. The molecule has 3 aromatic rings. The van der Waals surface area contributed by atoms with E-state index in [1.807, 2.05) is 56.4 Å². The summed E-state index contributed by atoms with van der Waals surface area (Å²) in [4.78, 5) is 16.9. The van der Waals surface area contributed by atoms with Crippen molar-refractivity contribution in [1.29, 1.82) is 5.41 Å². The molecule has 0 radical (unpaired) electrons. The number of halogens is 1. The molecule has 30 heavy (non-hydrogen) atoms. The van der Waals surface area contributed by atoms with E-state index in [4.69, 9.17) is 21.5 Å². The molecule has 0 unspecified atom stereocenters. The van der Waals surface area contributed by atoms with Crippen molar-refractivity contribution in [1.82, 2.24) is 15.0 Å². The number of hydrogen-bond acceptors (Lipinski definition) is 6. The molecule has 0 aliphatic heterocycles. The molecule has 0 saturated carbocycles. The van der Waals surface area contributed by atoms with Crippen LogP contribution >= 0.6 is 22.9 Å². The van der Waals surface area contributed by atoms with Gasteiger partial charge >= 0.3 is 0 Å². The van der Waals surface area contributed by atoms with E-state index in [1.54, 1.807) is 12.1 Å². The van der Waals surface area contributed by atoms with Gasteiger partial charge in [-0.15, -0.1) is 11.3 Å². The second-order valence-corrected chi connectivity index (χ2v) is 9.07. The number of ketones is 1. The van der Waals surface area contributed by atoms with Crippen LogP contribution < -0.4 is 0 Å². The minimum Gasteiger partial charge on any atom is -0.361 e. The summed E-state index contributed by atoms with van der Waals surface area (Å²) in [6.45, 7) is 1.68. The van der Waals surface area contributed by atoms with Crippen LogP contribution in [0.15, 0.2) is 47.0 Å². The molecule has 6 nitrogen and oxygen atoms in total. The predicted molar refractivity (Wildman–Crippen MR) is 122 cm³/mol. The zero-order valence-corrected chi connectivity index (χ0v) is 18.9. The lowest BCUT2D eigenvalue weighted by atomic mass is 10.1. The number of amidine groups is 1. The SMILES string of the molecule is CN(C)CCN(C)C(=N)c1ccc(-c2cc(CCC(=O)c3ccc(Cl)s3)on2)cc1. The molecule has 1 aromatic carbocycles. The van der Waals surface area contributed by atoms with E-state index in [-0.39, 0.29) is 5.78 Å². The Bertz CT molecular complexity index is 1010. The van der Waals surface area contributed by atoms with E-state index in [0.29, 0.717) is 33.7 Å². The second kappa shape index (κ2) is 10.0. The number of nitrogens with one attached hydrogen (secondary N) is 1. The molecule has 0 atom stereocenters. The first-order valence-electron chi connectivity index (χ1n) is 9.63. The van der Waals surface area contributed by atoms with Gasteiger partial charge in [0.15, 0.2) is 5.78 Å². The standard InChI is InChI=1S/C22H25ClN4O2S/c1-26(2)12-13-27(3)22(24)16-6-4-15(5-7-16)18-14-17(29-25-18)8-9-19(28)20-10-11-21(23)30-20/h4-7,10-11,14,24H,8-9,12-13H2,1-3H3. The highest BCUT2D eigenvalue weighted by atomic mass is 35.5. The molecule has 0 fully saturated rings. The minimum absolute atomic E-state index is 0.0473. The molecular weight excluding hydrogens is 420 g/mol. The summed E-state index contributed by atoms with van der Waals surface area (Å²) in [5.74, 6) is 1.20. The van der Waals surface area contributed by atoms with Crippen LogP contribution in [0.3, 0.4) is 0 Å². The molecule has 0 saturated heterocycles. The third-order valence-electron chi connectivity index (χ3n) is 4.72. The molecule has 8 heteroatoms. The number of aryl methyl sites for hydroxylation is 1. The van der Waals surface area contributed by atoms with Crippen LogP contribution in [0, 0.1) is 5.41 Å². The number of benzene rings is 1. The third-order valence-corrected chi connectivity index (χ3v) is 6.00. The van der Waals surface area contributed by atoms with Crippen LogP contribution in [0.4, 0.5) is 0 Å². The largest absolute Gasteiger partial charge is 0.361 e. The summed E-state index contributed by atoms with van der Waals surface area (Å²) in [6, 6.07) is 13.0. The Labute approximate surface area is 185 Å². The van der Waals surface area contributed by atoms with E-state index in [2.05, 4.69) is 10.1 Å². The number of likely N-dealkylation sites (N-methyl/N-ethyl adjacent to an activating group) is 2. The van der Waals surface area contributed by atoms with Gasteiger partial charge in [-0.3, -0.25) is 10.2 Å². The Balaban J connectivity index is 1.58. The molecule has 1 N–H and O–H groups in total. The molecule has 0 bridgehead atoms. The van der Waals surface area contributed by atoms with E-state index >= 15 is 0 Å². The van der Waals surface area contributed by atoms with Crippen molar-refractivity contribution in [2.45, 2.75) is 12.8 Å². The van der Waals surface area contributed by atoms with Gasteiger partial charge in [-0.1, -0.05) is 41.0 Å². The maximum absolute atomic E-state index is 12.2. The van der Waals surface area contributed by atoms with Crippen LogP contribution in [0.25, 0.3) is 11.3 Å². The van der Waals surface area contributed by atoms with Crippen molar-refractivity contribution in [3.8, 4) is 11.3 Å². The normalized spacial score (nSPS) is 11.1. The van der Waals surface area contributed by atoms with Gasteiger partial charge in [0.25, 0.3) is 0 Å². The number of carbonyl (C=O) groups excluding carboxylic acids is 1. The summed E-state index contributed by atoms with van der Waals surface area (Å²) in [5, 5.41) is 12.5. The van der Waals surface area contributed by atoms with Crippen molar-refractivity contribution >= 4 is 34.6 Å². The highest BCUT2D eigenvalue weighted by Gasteiger charge is 2.13.